The van der Waals surface area contributed by atoms with Crippen molar-refractivity contribution in [2.45, 2.75) is 12.8 Å². The Morgan fingerprint density at radius 2 is 2.00 bits per heavy atom. The highest BCUT2D eigenvalue weighted by Crippen LogP contribution is 2.16. The van der Waals surface area contributed by atoms with Crippen LogP contribution in [0.15, 0.2) is 28.7 Å². The van der Waals surface area contributed by atoms with Crippen molar-refractivity contribution in [1.82, 2.24) is 0 Å². The molecule has 0 aliphatic carbocycles. The van der Waals surface area contributed by atoms with Gasteiger partial charge < -0.3 is 10.5 Å². The number of nitrogens with two attached hydrogens (primary N) is 1. The monoisotopic (exact) mass is 257 g/mol. The summed E-state index contributed by atoms with van der Waals surface area (Å²) >= 11 is 3.50. The quantitative estimate of drug-likeness (QED) is 0.795. The molecule has 0 aliphatic rings. The molecule has 1 rings (SSSR count). The molecular formula is C11H16BrNO. The Bertz CT molecular complexity index is 265. The third-order valence-electron chi connectivity index (χ3n) is 1.97. The summed E-state index contributed by atoms with van der Waals surface area (Å²) < 4.78 is 6.59. The van der Waals surface area contributed by atoms with E-state index in [0.29, 0.717) is 6.54 Å². The van der Waals surface area contributed by atoms with E-state index in [1.165, 1.54) is 5.56 Å². The van der Waals surface area contributed by atoms with E-state index in [4.69, 9.17) is 10.5 Å². The highest BCUT2D eigenvalue weighted by atomic mass is 79.9. The van der Waals surface area contributed by atoms with Crippen molar-refractivity contribution in [1.29, 1.82) is 0 Å². The van der Waals surface area contributed by atoms with Gasteiger partial charge in [-0.05, 0) is 31.0 Å². The molecule has 3 heteroatoms. The summed E-state index contributed by atoms with van der Waals surface area (Å²) in [6, 6.07) is 8.22. The fourth-order valence-electron chi connectivity index (χ4n) is 1.17. The van der Waals surface area contributed by atoms with Gasteiger partial charge in [-0.1, -0.05) is 34.1 Å². The van der Waals surface area contributed by atoms with Gasteiger partial charge in [-0.2, -0.15) is 0 Å². The molecule has 1 aromatic carbocycles. The lowest BCUT2D eigenvalue weighted by atomic mass is 10.2. The Morgan fingerprint density at radius 3 is 2.71 bits per heavy atom. The van der Waals surface area contributed by atoms with E-state index in [9.17, 15) is 0 Å². The van der Waals surface area contributed by atoms with Gasteiger partial charge in [0.1, 0.15) is 0 Å². The largest absolute Gasteiger partial charge is 0.381 e. The molecule has 0 amide bonds. The first-order valence-corrected chi connectivity index (χ1v) is 5.65. The summed E-state index contributed by atoms with van der Waals surface area (Å²) in [4.78, 5) is 0. The van der Waals surface area contributed by atoms with E-state index in [1.807, 2.05) is 12.1 Å². The van der Waals surface area contributed by atoms with Gasteiger partial charge >= 0.3 is 0 Å². The number of benzene rings is 1. The molecule has 0 aromatic heterocycles. The predicted molar refractivity (Wildman–Crippen MR) is 62.3 cm³/mol. The predicted octanol–water partition coefficient (Wildman–Crippen LogP) is 2.36. The molecule has 0 heterocycles. The molecule has 0 spiro atoms. The first kappa shape index (κ1) is 11.7. The fraction of sp³-hybridized carbons (Fsp3) is 0.455. The van der Waals surface area contributed by atoms with Crippen LogP contribution in [0.5, 0.6) is 0 Å². The van der Waals surface area contributed by atoms with Gasteiger partial charge in [-0.15, -0.1) is 0 Å². The van der Waals surface area contributed by atoms with Crippen molar-refractivity contribution in [3.05, 3.63) is 34.3 Å². The lowest BCUT2D eigenvalue weighted by Crippen LogP contribution is -2.06. The maximum absolute atomic E-state index is 5.43. The van der Waals surface area contributed by atoms with Crippen LogP contribution in [0.3, 0.4) is 0 Å². The molecule has 0 atom stereocenters. The number of rotatable bonds is 6. The van der Waals surface area contributed by atoms with Crippen LogP contribution in [0.4, 0.5) is 0 Å². The molecule has 0 bridgehead atoms. The lowest BCUT2D eigenvalue weighted by molar-refractivity contribution is 0.136. The number of hydrogen-bond acceptors (Lipinski definition) is 2. The van der Waals surface area contributed by atoms with Crippen LogP contribution in [0, 0.1) is 0 Å². The molecule has 0 saturated carbocycles. The minimum Gasteiger partial charge on any atom is -0.381 e. The minimum absolute atomic E-state index is 0.703. The van der Waals surface area contributed by atoms with Crippen LogP contribution >= 0.6 is 15.9 Å². The average molecular weight is 258 g/mol. The van der Waals surface area contributed by atoms with E-state index >= 15 is 0 Å². The van der Waals surface area contributed by atoms with Gasteiger partial charge in [-0.25, -0.2) is 0 Å². The fourth-order valence-corrected chi connectivity index (χ4v) is 1.65. The molecule has 0 aliphatic heterocycles. The molecule has 2 N–H and O–H groups in total. The van der Waals surface area contributed by atoms with Crippen molar-refractivity contribution in [3.8, 4) is 0 Å². The number of hydrogen-bond donors (Lipinski definition) is 1. The maximum atomic E-state index is 5.43. The van der Waals surface area contributed by atoms with Crippen LogP contribution < -0.4 is 5.73 Å². The van der Waals surface area contributed by atoms with Gasteiger partial charge in [0.25, 0.3) is 0 Å². The van der Waals surface area contributed by atoms with E-state index < -0.39 is 0 Å². The van der Waals surface area contributed by atoms with Crippen LogP contribution in [0.2, 0.25) is 0 Å². The molecule has 2 nitrogen and oxygen atoms in total. The summed E-state index contributed by atoms with van der Waals surface area (Å²) in [5.74, 6) is 0. The molecule has 1 aromatic rings. The zero-order valence-corrected chi connectivity index (χ0v) is 9.79. The standard InChI is InChI=1S/C11H16BrNO/c12-11-5-2-1-4-10(11)6-9-14-8-3-7-13/h1-2,4-5H,3,6-9,13H2. The zero-order chi connectivity index (χ0) is 10.2. The molecule has 0 radical (unpaired) electrons. The Kier molecular flexibility index (Phi) is 5.83. The van der Waals surface area contributed by atoms with Crippen LogP contribution in [0.25, 0.3) is 0 Å². The molecule has 0 unspecified atom stereocenters. The Balaban J connectivity index is 2.21. The first-order valence-electron chi connectivity index (χ1n) is 4.86. The smallest absolute Gasteiger partial charge is 0.0506 e. The molecule has 78 valence electrons. The van der Waals surface area contributed by atoms with Gasteiger partial charge in [0.15, 0.2) is 0 Å². The van der Waals surface area contributed by atoms with Gasteiger partial charge in [-0.3, -0.25) is 0 Å². The molecule has 0 fully saturated rings. The topological polar surface area (TPSA) is 35.2 Å². The molecule has 14 heavy (non-hydrogen) atoms. The zero-order valence-electron chi connectivity index (χ0n) is 8.21. The van der Waals surface area contributed by atoms with E-state index in [-0.39, 0.29) is 0 Å². The van der Waals surface area contributed by atoms with Crippen molar-refractivity contribution >= 4 is 15.9 Å². The molecular weight excluding hydrogens is 242 g/mol. The Morgan fingerprint density at radius 1 is 1.21 bits per heavy atom. The first-order chi connectivity index (χ1) is 6.84. The minimum atomic E-state index is 0.703. The van der Waals surface area contributed by atoms with Crippen molar-refractivity contribution in [3.63, 3.8) is 0 Å². The summed E-state index contributed by atoms with van der Waals surface area (Å²) in [5, 5.41) is 0. The summed E-state index contributed by atoms with van der Waals surface area (Å²) in [7, 11) is 0. The number of ether oxygens (including phenoxy) is 1. The maximum Gasteiger partial charge on any atom is 0.0506 e. The van der Waals surface area contributed by atoms with Crippen LogP contribution in [-0.2, 0) is 11.2 Å². The van der Waals surface area contributed by atoms with E-state index in [0.717, 1.165) is 30.5 Å². The second-order valence-electron chi connectivity index (χ2n) is 3.10. The Hall–Kier alpha value is -0.380. The third kappa shape index (κ3) is 4.22. The SMILES string of the molecule is NCCCOCCc1ccccc1Br. The van der Waals surface area contributed by atoms with Crippen LogP contribution in [-0.4, -0.2) is 19.8 Å². The van der Waals surface area contributed by atoms with E-state index in [2.05, 4.69) is 28.1 Å². The highest BCUT2D eigenvalue weighted by Gasteiger charge is 1.97. The van der Waals surface area contributed by atoms with Crippen molar-refractivity contribution in [2.75, 3.05) is 19.8 Å². The number of halogens is 1. The highest BCUT2D eigenvalue weighted by molar-refractivity contribution is 9.10. The van der Waals surface area contributed by atoms with E-state index in [1.54, 1.807) is 0 Å². The summed E-state index contributed by atoms with van der Waals surface area (Å²) in [5.41, 5.74) is 6.65. The van der Waals surface area contributed by atoms with Gasteiger partial charge in [0.05, 0.1) is 6.61 Å². The average Bonchev–Trinajstić information content (AvgIpc) is 2.20. The second-order valence-corrected chi connectivity index (χ2v) is 3.95. The van der Waals surface area contributed by atoms with Gasteiger partial charge in [0.2, 0.25) is 0 Å². The molecule has 0 saturated heterocycles. The normalized spacial score (nSPS) is 10.4. The van der Waals surface area contributed by atoms with Crippen molar-refractivity contribution < 1.29 is 4.74 Å². The summed E-state index contributed by atoms with van der Waals surface area (Å²) in [6.07, 6.45) is 1.89. The lowest BCUT2D eigenvalue weighted by Gasteiger charge is -2.05. The summed E-state index contributed by atoms with van der Waals surface area (Å²) in [6.45, 7) is 2.23. The van der Waals surface area contributed by atoms with Crippen molar-refractivity contribution in [2.24, 2.45) is 5.73 Å². The third-order valence-corrected chi connectivity index (χ3v) is 2.74. The second kappa shape index (κ2) is 6.98. The van der Waals surface area contributed by atoms with Crippen LogP contribution in [0.1, 0.15) is 12.0 Å². The Labute approximate surface area is 93.6 Å². The van der Waals surface area contributed by atoms with Gasteiger partial charge in [0, 0.05) is 11.1 Å².